The van der Waals surface area contributed by atoms with E-state index in [4.69, 9.17) is 12.6 Å². The number of hydrogen-bond acceptors (Lipinski definition) is 3. The van der Waals surface area contributed by atoms with Gasteiger partial charge in [-0.15, -0.1) is 11.8 Å². The summed E-state index contributed by atoms with van der Waals surface area (Å²) in [7, 11) is 5.82. The molecule has 0 spiro atoms. The van der Waals surface area contributed by atoms with Gasteiger partial charge in [-0.1, -0.05) is 0 Å². The molecule has 0 aromatic carbocycles. The Kier molecular flexibility index (Phi) is 2.82. The van der Waals surface area contributed by atoms with Crippen molar-refractivity contribution in [1.29, 1.82) is 0 Å². The van der Waals surface area contributed by atoms with Crippen LogP contribution in [0, 0.1) is 0 Å². The van der Waals surface area contributed by atoms with Crippen LogP contribution in [0.4, 0.5) is 4.79 Å². The van der Waals surface area contributed by atoms with Crippen molar-refractivity contribution in [1.82, 2.24) is 4.57 Å². The average Bonchev–Trinajstić information content (AvgIpc) is 2.58. The molecule has 0 aliphatic carbocycles. The van der Waals surface area contributed by atoms with Gasteiger partial charge in [-0.3, -0.25) is 4.57 Å². The molecule has 0 amide bonds. The number of fused-ring (bicyclic) bond motifs is 1. The fraction of sp³-hybridized carbons (Fsp3) is 0.545. The maximum atomic E-state index is 12.0. The molecule has 0 saturated carbocycles. The Hall–Kier alpha value is -0.835. The molecule has 3 nitrogen and oxygen atoms in total. The van der Waals surface area contributed by atoms with E-state index in [1.807, 2.05) is 26.8 Å². The molecule has 0 saturated heterocycles. The number of carbonyl (C=O) groups is 1. The first-order chi connectivity index (χ1) is 7.38. The van der Waals surface area contributed by atoms with E-state index < -0.39 is 5.60 Å². The maximum absolute atomic E-state index is 12.0. The summed E-state index contributed by atoms with van der Waals surface area (Å²) in [4.78, 5) is 13.1. The fourth-order valence-electron chi connectivity index (χ4n) is 1.69. The molecule has 0 atom stereocenters. The molecule has 0 fully saturated rings. The van der Waals surface area contributed by atoms with Crippen molar-refractivity contribution >= 4 is 31.3 Å². The van der Waals surface area contributed by atoms with Crippen molar-refractivity contribution in [2.75, 3.05) is 5.75 Å². The van der Waals surface area contributed by atoms with Crippen molar-refractivity contribution in [3.63, 3.8) is 0 Å². The smallest absolute Gasteiger partial charge is 0.418 e. The topological polar surface area (TPSA) is 31.2 Å². The van der Waals surface area contributed by atoms with Crippen LogP contribution in [0.25, 0.3) is 0 Å². The quantitative estimate of drug-likeness (QED) is 0.641. The van der Waals surface area contributed by atoms with E-state index in [1.165, 1.54) is 4.57 Å². The van der Waals surface area contributed by atoms with Gasteiger partial charge in [0.25, 0.3) is 0 Å². The predicted octanol–water partition coefficient (Wildman–Crippen LogP) is 1.71. The van der Waals surface area contributed by atoms with E-state index in [0.29, 0.717) is 5.59 Å². The molecular weight excluding hydrogens is 221 g/mol. The highest BCUT2D eigenvalue weighted by atomic mass is 32.2. The van der Waals surface area contributed by atoms with Crippen LogP contribution in [0.1, 0.15) is 26.5 Å². The Labute approximate surface area is 101 Å². The maximum Gasteiger partial charge on any atom is 0.418 e. The van der Waals surface area contributed by atoms with Crippen LogP contribution in [0.5, 0.6) is 0 Å². The zero-order valence-electron chi connectivity index (χ0n) is 9.74. The van der Waals surface area contributed by atoms with Gasteiger partial charge >= 0.3 is 6.09 Å². The standard InChI is InChI=1S/C11H14BNO2S/c1-11(2,3)15-10(14)13-7-4-5-16-8(7)6-9(13)12/h6H,4-5H2,1-3H3. The molecule has 0 N–H and O–H groups in total. The van der Waals surface area contributed by atoms with Crippen LogP contribution in [0.15, 0.2) is 11.0 Å². The lowest BCUT2D eigenvalue weighted by Crippen LogP contribution is -2.33. The molecule has 0 bridgehead atoms. The summed E-state index contributed by atoms with van der Waals surface area (Å²) in [6.07, 6.45) is 0.491. The van der Waals surface area contributed by atoms with Crippen LogP contribution < -0.4 is 5.59 Å². The second-order valence-electron chi connectivity index (χ2n) is 4.79. The van der Waals surface area contributed by atoms with Gasteiger partial charge in [0.1, 0.15) is 13.4 Å². The normalized spacial score (nSPS) is 14.9. The molecular formula is C11H14BNO2S. The van der Waals surface area contributed by atoms with Crippen molar-refractivity contribution in [3.05, 3.63) is 11.8 Å². The van der Waals surface area contributed by atoms with Crippen LogP contribution in [-0.2, 0) is 11.2 Å². The molecule has 2 radical (unpaired) electrons. The highest BCUT2D eigenvalue weighted by molar-refractivity contribution is 7.99. The number of hydrogen-bond donors (Lipinski definition) is 0. The lowest BCUT2D eigenvalue weighted by atomic mass is 10.1. The van der Waals surface area contributed by atoms with Gasteiger partial charge in [0, 0.05) is 16.3 Å². The second-order valence-corrected chi connectivity index (χ2v) is 5.93. The van der Waals surface area contributed by atoms with E-state index in [1.54, 1.807) is 11.8 Å². The number of aromatic nitrogens is 1. The average molecular weight is 235 g/mol. The highest BCUT2D eigenvalue weighted by Gasteiger charge is 2.25. The van der Waals surface area contributed by atoms with Gasteiger partial charge in [0.15, 0.2) is 0 Å². The zero-order chi connectivity index (χ0) is 11.9. The van der Waals surface area contributed by atoms with Crippen LogP contribution >= 0.6 is 11.8 Å². The van der Waals surface area contributed by atoms with Crippen LogP contribution in [0.3, 0.4) is 0 Å². The lowest BCUT2D eigenvalue weighted by molar-refractivity contribution is 0.0538. The second kappa shape index (κ2) is 3.88. The van der Waals surface area contributed by atoms with Gasteiger partial charge in [-0.25, -0.2) is 4.79 Å². The third kappa shape index (κ3) is 2.14. The number of thioether (sulfide) groups is 1. The molecule has 84 valence electrons. The molecule has 2 heterocycles. The highest BCUT2D eigenvalue weighted by Crippen LogP contribution is 2.31. The van der Waals surface area contributed by atoms with E-state index >= 15 is 0 Å². The summed E-state index contributed by atoms with van der Waals surface area (Å²) in [5.41, 5.74) is 0.954. The number of nitrogens with zero attached hydrogens (tertiary/aromatic N) is 1. The fourth-order valence-corrected chi connectivity index (χ4v) is 2.77. The summed E-state index contributed by atoms with van der Waals surface area (Å²) >= 11 is 1.73. The number of carbonyl (C=O) groups excluding carboxylic acids is 1. The monoisotopic (exact) mass is 235 g/mol. The van der Waals surface area contributed by atoms with Gasteiger partial charge < -0.3 is 4.74 Å². The largest absolute Gasteiger partial charge is 0.443 e. The van der Waals surface area contributed by atoms with E-state index in [0.717, 1.165) is 22.8 Å². The summed E-state index contributed by atoms with van der Waals surface area (Å²) in [5, 5.41) is 0. The Morgan fingerprint density at radius 2 is 2.25 bits per heavy atom. The van der Waals surface area contributed by atoms with Gasteiger partial charge in [0.2, 0.25) is 0 Å². The van der Waals surface area contributed by atoms with E-state index in [9.17, 15) is 4.79 Å². The third-order valence-electron chi connectivity index (χ3n) is 2.26. The van der Waals surface area contributed by atoms with Crippen LogP contribution in [0.2, 0.25) is 0 Å². The minimum Gasteiger partial charge on any atom is -0.443 e. The summed E-state index contributed by atoms with van der Waals surface area (Å²) in [6, 6.07) is 1.84. The van der Waals surface area contributed by atoms with E-state index in [2.05, 4.69) is 0 Å². The molecule has 1 aliphatic heterocycles. The molecule has 2 rings (SSSR count). The lowest BCUT2D eigenvalue weighted by Gasteiger charge is -2.21. The zero-order valence-corrected chi connectivity index (χ0v) is 10.6. The Morgan fingerprint density at radius 1 is 1.56 bits per heavy atom. The Morgan fingerprint density at radius 3 is 2.88 bits per heavy atom. The van der Waals surface area contributed by atoms with Gasteiger partial charge in [-0.2, -0.15) is 0 Å². The molecule has 5 heteroatoms. The van der Waals surface area contributed by atoms with Crippen molar-refractivity contribution in [2.24, 2.45) is 0 Å². The first kappa shape index (κ1) is 11.6. The first-order valence-corrected chi connectivity index (χ1v) is 6.23. The molecule has 1 aromatic heterocycles. The molecule has 0 unspecified atom stereocenters. The Balaban J connectivity index is 2.30. The number of ether oxygens (including phenoxy) is 1. The van der Waals surface area contributed by atoms with Crippen molar-refractivity contribution < 1.29 is 9.53 Å². The Bertz CT molecular complexity index is 434. The van der Waals surface area contributed by atoms with Crippen molar-refractivity contribution in [2.45, 2.75) is 37.7 Å². The minimum absolute atomic E-state index is 0.381. The van der Waals surface area contributed by atoms with Crippen molar-refractivity contribution in [3.8, 4) is 0 Å². The molecule has 16 heavy (non-hydrogen) atoms. The van der Waals surface area contributed by atoms with Crippen LogP contribution in [-0.4, -0.2) is 29.9 Å². The summed E-state index contributed by atoms with van der Waals surface area (Å²) < 4.78 is 6.81. The predicted molar refractivity (Wildman–Crippen MR) is 65.9 cm³/mol. The van der Waals surface area contributed by atoms with Gasteiger partial charge in [-0.05, 0) is 38.9 Å². The minimum atomic E-state index is -0.494. The first-order valence-electron chi connectivity index (χ1n) is 5.25. The summed E-state index contributed by atoms with van der Waals surface area (Å²) in [6.45, 7) is 5.54. The SMILES string of the molecule is [B]c1cc2c(n1C(=O)OC(C)(C)C)CCS2. The molecule has 1 aliphatic rings. The number of rotatable bonds is 0. The summed E-state index contributed by atoms with van der Waals surface area (Å²) in [5.74, 6) is 1.01. The van der Waals surface area contributed by atoms with E-state index in [-0.39, 0.29) is 6.09 Å². The molecule has 1 aromatic rings. The third-order valence-corrected chi connectivity index (χ3v) is 3.34. The van der Waals surface area contributed by atoms with Gasteiger partial charge in [0.05, 0.1) is 0 Å².